The van der Waals surface area contributed by atoms with Crippen LogP contribution in [-0.4, -0.2) is 9.97 Å². The molecule has 0 bridgehead atoms. The van der Waals surface area contributed by atoms with Gasteiger partial charge in [0.2, 0.25) is 0 Å². The first kappa shape index (κ1) is 11.4. The van der Waals surface area contributed by atoms with Gasteiger partial charge in [-0.1, -0.05) is 42.5 Å². The molecule has 2 aromatic heterocycles. The Morgan fingerprint density at radius 2 is 1.75 bits per heavy atom. The molecule has 4 rings (SSSR count). The number of nitrogens with zero attached hydrogens (tertiary/aromatic N) is 2. The highest BCUT2D eigenvalue weighted by atomic mass is 14.8. The van der Waals surface area contributed by atoms with Gasteiger partial charge in [0, 0.05) is 17.0 Å². The largest absolute Gasteiger partial charge is 0.254 e. The van der Waals surface area contributed by atoms with Crippen LogP contribution in [0.2, 0.25) is 0 Å². The third kappa shape index (κ3) is 1.81. The van der Waals surface area contributed by atoms with E-state index in [1.165, 1.54) is 5.57 Å². The molecule has 2 heterocycles. The third-order valence-electron chi connectivity index (χ3n) is 3.77. The highest BCUT2D eigenvalue weighted by Crippen LogP contribution is 2.27. The molecule has 3 aromatic rings. The maximum Gasteiger partial charge on any atom is 0.0971 e. The number of benzene rings is 1. The van der Waals surface area contributed by atoms with E-state index >= 15 is 0 Å². The summed E-state index contributed by atoms with van der Waals surface area (Å²) in [6, 6.07) is 12.5. The lowest BCUT2D eigenvalue weighted by atomic mass is 10.0. The molecule has 0 fully saturated rings. The summed E-state index contributed by atoms with van der Waals surface area (Å²) in [7, 11) is 0. The summed E-state index contributed by atoms with van der Waals surface area (Å²) >= 11 is 0. The Bertz CT molecular complexity index is 860. The first-order valence-electron chi connectivity index (χ1n) is 6.92. The van der Waals surface area contributed by atoms with Crippen LogP contribution in [0.1, 0.15) is 18.5 Å². The molecule has 1 aliphatic carbocycles. The first-order chi connectivity index (χ1) is 9.92. The fourth-order valence-electron chi connectivity index (χ4n) is 2.72. The van der Waals surface area contributed by atoms with Gasteiger partial charge in [0.1, 0.15) is 0 Å². The van der Waals surface area contributed by atoms with Crippen LogP contribution in [0, 0.1) is 0 Å². The van der Waals surface area contributed by atoms with E-state index in [1.807, 2.05) is 12.3 Å². The van der Waals surface area contributed by atoms with Crippen LogP contribution in [0.3, 0.4) is 0 Å². The van der Waals surface area contributed by atoms with E-state index in [2.05, 4.69) is 53.5 Å². The van der Waals surface area contributed by atoms with Crippen molar-refractivity contribution >= 4 is 27.4 Å². The summed E-state index contributed by atoms with van der Waals surface area (Å²) in [5, 5.41) is 2.29. The SMILES string of the molecule is C1=CCCC(c2ccc3ccc4cccnc4c3n2)=C1. The second-order valence-electron chi connectivity index (χ2n) is 5.07. The number of hydrogen-bond donors (Lipinski definition) is 0. The summed E-state index contributed by atoms with van der Waals surface area (Å²) in [5.41, 5.74) is 4.36. The molecule has 0 spiro atoms. The predicted octanol–water partition coefficient (Wildman–Crippen LogP) is 4.52. The van der Waals surface area contributed by atoms with Gasteiger partial charge in [-0.25, -0.2) is 4.98 Å². The number of aromatic nitrogens is 2. The standard InChI is InChI=1S/C18H14N2/c1-2-5-13(6-3-1)16-11-10-15-9-8-14-7-4-12-19-17(14)18(15)20-16/h1-2,4-5,7-12H,3,6H2. The summed E-state index contributed by atoms with van der Waals surface area (Å²) in [6.45, 7) is 0. The summed E-state index contributed by atoms with van der Waals surface area (Å²) < 4.78 is 0. The Morgan fingerprint density at radius 1 is 0.900 bits per heavy atom. The molecular weight excluding hydrogens is 244 g/mol. The number of hydrogen-bond acceptors (Lipinski definition) is 2. The van der Waals surface area contributed by atoms with Crippen molar-refractivity contribution in [1.29, 1.82) is 0 Å². The van der Waals surface area contributed by atoms with Crippen molar-refractivity contribution < 1.29 is 0 Å². The van der Waals surface area contributed by atoms with E-state index in [1.54, 1.807) is 0 Å². The Morgan fingerprint density at radius 3 is 2.60 bits per heavy atom. The molecular formula is C18H14N2. The van der Waals surface area contributed by atoms with Crippen LogP contribution >= 0.6 is 0 Å². The average Bonchev–Trinajstić information content (AvgIpc) is 2.55. The first-order valence-corrected chi connectivity index (χ1v) is 6.92. The Kier molecular flexibility index (Phi) is 2.59. The van der Waals surface area contributed by atoms with Gasteiger partial charge in [-0.05, 0) is 30.5 Å². The highest BCUT2D eigenvalue weighted by molar-refractivity contribution is 6.03. The molecule has 1 aliphatic rings. The second-order valence-corrected chi connectivity index (χ2v) is 5.07. The van der Waals surface area contributed by atoms with Crippen molar-refractivity contribution in [3.8, 4) is 0 Å². The fourth-order valence-corrected chi connectivity index (χ4v) is 2.72. The normalized spacial score (nSPS) is 14.7. The Labute approximate surface area is 117 Å². The van der Waals surface area contributed by atoms with Crippen molar-refractivity contribution in [2.24, 2.45) is 0 Å². The molecule has 0 unspecified atom stereocenters. The predicted molar refractivity (Wildman–Crippen MR) is 83.4 cm³/mol. The Hall–Kier alpha value is -2.48. The van der Waals surface area contributed by atoms with Gasteiger partial charge in [-0.15, -0.1) is 0 Å². The van der Waals surface area contributed by atoms with Crippen molar-refractivity contribution in [2.75, 3.05) is 0 Å². The lowest BCUT2D eigenvalue weighted by Gasteiger charge is -2.10. The average molecular weight is 258 g/mol. The van der Waals surface area contributed by atoms with Gasteiger partial charge in [-0.2, -0.15) is 0 Å². The molecule has 20 heavy (non-hydrogen) atoms. The molecule has 0 saturated heterocycles. The van der Waals surface area contributed by atoms with Gasteiger partial charge < -0.3 is 0 Å². The molecule has 0 atom stereocenters. The number of fused-ring (bicyclic) bond motifs is 3. The number of rotatable bonds is 1. The highest BCUT2D eigenvalue weighted by Gasteiger charge is 2.08. The van der Waals surface area contributed by atoms with Gasteiger partial charge >= 0.3 is 0 Å². The van der Waals surface area contributed by atoms with Gasteiger partial charge in [-0.3, -0.25) is 4.98 Å². The van der Waals surface area contributed by atoms with Crippen molar-refractivity contribution in [2.45, 2.75) is 12.8 Å². The van der Waals surface area contributed by atoms with Crippen molar-refractivity contribution in [3.63, 3.8) is 0 Å². The maximum atomic E-state index is 4.86. The van der Waals surface area contributed by atoms with Crippen LogP contribution in [0.25, 0.3) is 27.4 Å². The van der Waals surface area contributed by atoms with Gasteiger partial charge in [0.15, 0.2) is 0 Å². The van der Waals surface area contributed by atoms with E-state index in [0.717, 1.165) is 40.3 Å². The van der Waals surface area contributed by atoms with Crippen LogP contribution < -0.4 is 0 Å². The van der Waals surface area contributed by atoms with E-state index < -0.39 is 0 Å². The minimum atomic E-state index is 0.985. The van der Waals surface area contributed by atoms with Crippen molar-refractivity contribution in [1.82, 2.24) is 9.97 Å². The second kappa shape index (κ2) is 4.57. The molecule has 0 amide bonds. The number of allylic oxidation sites excluding steroid dienone is 4. The minimum Gasteiger partial charge on any atom is -0.254 e. The zero-order valence-electron chi connectivity index (χ0n) is 11.1. The topological polar surface area (TPSA) is 25.8 Å². The fraction of sp³-hybridized carbons (Fsp3) is 0.111. The lowest BCUT2D eigenvalue weighted by Crippen LogP contribution is -1.93. The molecule has 0 aliphatic heterocycles. The molecule has 2 heteroatoms. The molecule has 0 radical (unpaired) electrons. The van der Waals surface area contributed by atoms with Crippen LogP contribution in [0.15, 0.2) is 60.8 Å². The maximum absolute atomic E-state index is 4.86. The molecule has 0 saturated carbocycles. The monoisotopic (exact) mass is 258 g/mol. The van der Waals surface area contributed by atoms with Crippen LogP contribution in [0.5, 0.6) is 0 Å². The summed E-state index contributed by atoms with van der Waals surface area (Å²) in [4.78, 5) is 9.36. The zero-order valence-corrected chi connectivity index (χ0v) is 11.1. The summed E-state index contributed by atoms with van der Waals surface area (Å²) in [6.07, 6.45) is 10.5. The molecule has 1 aromatic carbocycles. The third-order valence-corrected chi connectivity index (χ3v) is 3.77. The molecule has 0 N–H and O–H groups in total. The van der Waals surface area contributed by atoms with Crippen LogP contribution in [-0.2, 0) is 0 Å². The van der Waals surface area contributed by atoms with Crippen LogP contribution in [0.4, 0.5) is 0 Å². The van der Waals surface area contributed by atoms with Crippen molar-refractivity contribution in [3.05, 3.63) is 66.5 Å². The van der Waals surface area contributed by atoms with E-state index in [4.69, 9.17) is 4.98 Å². The Balaban J connectivity index is 1.99. The zero-order chi connectivity index (χ0) is 13.4. The van der Waals surface area contributed by atoms with Gasteiger partial charge in [0.25, 0.3) is 0 Å². The quantitative estimate of drug-likeness (QED) is 0.600. The van der Waals surface area contributed by atoms with Gasteiger partial charge in [0.05, 0.1) is 16.7 Å². The van der Waals surface area contributed by atoms with E-state index in [-0.39, 0.29) is 0 Å². The minimum absolute atomic E-state index is 0.985. The molecule has 96 valence electrons. The lowest BCUT2D eigenvalue weighted by molar-refractivity contribution is 1.04. The van der Waals surface area contributed by atoms with E-state index in [0.29, 0.717) is 0 Å². The molecule has 2 nitrogen and oxygen atoms in total. The van der Waals surface area contributed by atoms with E-state index in [9.17, 15) is 0 Å². The smallest absolute Gasteiger partial charge is 0.0971 e. The summed E-state index contributed by atoms with van der Waals surface area (Å²) in [5.74, 6) is 0. The number of pyridine rings is 2.